The van der Waals surface area contributed by atoms with E-state index < -0.39 is 51.7 Å². The van der Waals surface area contributed by atoms with Crippen LogP contribution in [0.5, 0.6) is 5.75 Å². The van der Waals surface area contributed by atoms with Crippen LogP contribution in [0.1, 0.15) is 75.0 Å². The minimum atomic E-state index is -3.63. The number of nitrogens with one attached hydrogen (secondary N) is 2. The maximum atomic E-state index is 14.3. The standard InChI is InChI=1S/C31H31Cl2N3O8S/c1-45(42,43)35-24-8-4-5-9-25(24)36-28(21-12-11-18(32)15-23(21)33)27(19-6-2-3-7-20(19)30(36)39)29(38)34-44-16-17-10-13-26(37)22(14-17)31(40)41/h2-3,6-7,10-15,24-25,27-28,35,37H,4-5,8-9,16H2,1H3,(H,34,38)(H,40,41)/t24-,25-,27+,28-/m0/s1. The Kier molecular flexibility index (Phi) is 9.71. The molecule has 1 saturated carbocycles. The molecular formula is C31H31Cl2N3O8S. The number of hydrogen-bond acceptors (Lipinski definition) is 7. The van der Waals surface area contributed by atoms with Crippen molar-refractivity contribution < 1.29 is 37.9 Å². The number of carbonyl (C=O) groups excluding carboxylic acids is 2. The lowest BCUT2D eigenvalue weighted by Crippen LogP contribution is -2.59. The topological polar surface area (TPSA) is 162 Å². The molecule has 11 nitrogen and oxygen atoms in total. The van der Waals surface area contributed by atoms with Crippen molar-refractivity contribution in [1.29, 1.82) is 0 Å². The molecule has 1 fully saturated rings. The maximum absolute atomic E-state index is 14.3. The van der Waals surface area contributed by atoms with Gasteiger partial charge in [-0.3, -0.25) is 14.4 Å². The van der Waals surface area contributed by atoms with Crippen LogP contribution in [0.4, 0.5) is 0 Å². The molecule has 2 amide bonds. The molecule has 45 heavy (non-hydrogen) atoms. The van der Waals surface area contributed by atoms with Gasteiger partial charge in [0.15, 0.2) is 0 Å². The summed E-state index contributed by atoms with van der Waals surface area (Å²) in [6.45, 7) is -0.224. The maximum Gasteiger partial charge on any atom is 0.339 e. The van der Waals surface area contributed by atoms with Crippen molar-refractivity contribution in [3.05, 3.63) is 98.5 Å². The van der Waals surface area contributed by atoms with Crippen molar-refractivity contribution in [1.82, 2.24) is 15.1 Å². The van der Waals surface area contributed by atoms with E-state index in [1.54, 1.807) is 41.3 Å². The Morgan fingerprint density at radius 2 is 1.76 bits per heavy atom. The number of hydroxylamine groups is 1. The molecule has 2 aliphatic rings. The minimum absolute atomic E-state index is 0.220. The van der Waals surface area contributed by atoms with Gasteiger partial charge in [0.1, 0.15) is 11.3 Å². The normalized spacial score (nSPS) is 21.7. The molecule has 0 unspecified atom stereocenters. The molecule has 1 heterocycles. The SMILES string of the molecule is CS(=O)(=O)N[C@H]1CCCC[C@@H]1N1C(=O)c2ccccc2[C@@H](C(=O)NOCc2ccc(O)c(C(=O)O)c2)[C@@H]1c1ccc(Cl)cc1Cl. The van der Waals surface area contributed by atoms with Crippen molar-refractivity contribution in [3.63, 3.8) is 0 Å². The molecule has 5 rings (SSSR count). The summed E-state index contributed by atoms with van der Waals surface area (Å²) < 4.78 is 27.4. The van der Waals surface area contributed by atoms with Crippen LogP contribution in [-0.4, -0.2) is 59.7 Å². The average Bonchev–Trinajstić information content (AvgIpc) is 2.97. The quantitative estimate of drug-likeness (QED) is 0.235. The van der Waals surface area contributed by atoms with Crippen LogP contribution in [0.15, 0.2) is 60.7 Å². The first-order valence-electron chi connectivity index (χ1n) is 14.2. The predicted octanol–water partition coefficient (Wildman–Crippen LogP) is 4.79. The smallest absolute Gasteiger partial charge is 0.339 e. The van der Waals surface area contributed by atoms with Gasteiger partial charge in [-0.1, -0.05) is 66.4 Å². The second-order valence-electron chi connectivity index (χ2n) is 11.1. The number of fused-ring (bicyclic) bond motifs is 1. The summed E-state index contributed by atoms with van der Waals surface area (Å²) in [6, 6.07) is 13.2. The van der Waals surface area contributed by atoms with Crippen LogP contribution in [0, 0.1) is 0 Å². The summed E-state index contributed by atoms with van der Waals surface area (Å²) in [4.78, 5) is 46.9. The zero-order valence-electron chi connectivity index (χ0n) is 24.1. The predicted molar refractivity (Wildman–Crippen MR) is 167 cm³/mol. The number of hydrogen-bond donors (Lipinski definition) is 4. The molecule has 14 heteroatoms. The molecule has 0 bridgehead atoms. The largest absolute Gasteiger partial charge is 0.507 e. The van der Waals surface area contributed by atoms with Crippen molar-refractivity contribution in [2.75, 3.05) is 6.26 Å². The molecule has 3 aromatic rings. The summed E-state index contributed by atoms with van der Waals surface area (Å²) in [6.07, 6.45) is 3.55. The van der Waals surface area contributed by atoms with Gasteiger partial charge in [0.25, 0.3) is 11.8 Å². The van der Waals surface area contributed by atoms with E-state index in [4.69, 9.17) is 28.0 Å². The van der Waals surface area contributed by atoms with Crippen molar-refractivity contribution >= 4 is 51.0 Å². The molecule has 4 atom stereocenters. The molecule has 1 aliphatic heterocycles. The Morgan fingerprint density at radius 1 is 1.02 bits per heavy atom. The number of aromatic carboxylic acids is 1. The number of carboxylic acid groups (broad SMARTS) is 1. The lowest BCUT2D eigenvalue weighted by Gasteiger charge is -2.49. The molecule has 0 spiro atoms. The van der Waals surface area contributed by atoms with E-state index in [1.807, 2.05) is 0 Å². The van der Waals surface area contributed by atoms with E-state index in [0.717, 1.165) is 19.1 Å². The summed E-state index contributed by atoms with van der Waals surface area (Å²) in [7, 11) is -3.63. The van der Waals surface area contributed by atoms with Gasteiger partial charge < -0.3 is 15.1 Å². The number of aromatic hydroxyl groups is 1. The van der Waals surface area contributed by atoms with Gasteiger partial charge in [0.05, 0.1) is 24.8 Å². The lowest BCUT2D eigenvalue weighted by atomic mass is 9.76. The third-order valence-corrected chi connectivity index (χ3v) is 9.39. The first-order valence-corrected chi connectivity index (χ1v) is 16.8. The number of amides is 2. The van der Waals surface area contributed by atoms with Gasteiger partial charge in [-0.05, 0) is 59.9 Å². The molecule has 238 valence electrons. The number of sulfonamides is 1. The highest BCUT2D eigenvalue weighted by Crippen LogP contribution is 2.47. The van der Waals surface area contributed by atoms with Crippen LogP contribution < -0.4 is 10.2 Å². The van der Waals surface area contributed by atoms with Crippen molar-refractivity contribution in [2.45, 2.75) is 56.3 Å². The highest BCUT2D eigenvalue weighted by molar-refractivity contribution is 7.88. The zero-order valence-corrected chi connectivity index (χ0v) is 26.4. The van der Waals surface area contributed by atoms with Gasteiger partial charge >= 0.3 is 5.97 Å². The second-order valence-corrected chi connectivity index (χ2v) is 13.8. The molecule has 0 radical (unpaired) electrons. The molecule has 3 aromatic carbocycles. The van der Waals surface area contributed by atoms with Crippen molar-refractivity contribution in [2.24, 2.45) is 0 Å². The summed E-state index contributed by atoms with van der Waals surface area (Å²) in [5.41, 5.74) is 3.67. The number of nitrogens with zero attached hydrogens (tertiary/aromatic N) is 1. The van der Waals surface area contributed by atoms with E-state index in [9.17, 15) is 33.0 Å². The monoisotopic (exact) mass is 675 g/mol. The second kappa shape index (κ2) is 13.4. The lowest BCUT2D eigenvalue weighted by molar-refractivity contribution is -0.138. The summed E-state index contributed by atoms with van der Waals surface area (Å²) in [5, 5.41) is 19.7. The zero-order chi connectivity index (χ0) is 32.5. The molecule has 0 aromatic heterocycles. The third kappa shape index (κ3) is 7.10. The molecule has 4 N–H and O–H groups in total. The van der Waals surface area contributed by atoms with E-state index in [-0.39, 0.29) is 28.7 Å². The van der Waals surface area contributed by atoms with E-state index in [0.29, 0.717) is 34.6 Å². The summed E-state index contributed by atoms with van der Waals surface area (Å²) >= 11 is 12.9. The van der Waals surface area contributed by atoms with E-state index >= 15 is 0 Å². The Labute approximate surface area is 270 Å². The van der Waals surface area contributed by atoms with Gasteiger partial charge in [0, 0.05) is 27.7 Å². The Morgan fingerprint density at radius 3 is 2.47 bits per heavy atom. The molecular weight excluding hydrogens is 645 g/mol. The molecule has 0 saturated heterocycles. The van der Waals surface area contributed by atoms with Gasteiger partial charge in [-0.25, -0.2) is 23.4 Å². The fourth-order valence-electron chi connectivity index (χ4n) is 6.23. The number of halogens is 2. The average molecular weight is 677 g/mol. The van der Waals surface area contributed by atoms with Crippen molar-refractivity contribution in [3.8, 4) is 5.75 Å². The van der Waals surface area contributed by atoms with Gasteiger partial charge in [-0.2, -0.15) is 0 Å². The highest BCUT2D eigenvalue weighted by Gasteiger charge is 2.49. The number of phenols is 1. The number of benzene rings is 3. The van der Waals surface area contributed by atoms with Crippen LogP contribution in [0.3, 0.4) is 0 Å². The highest BCUT2D eigenvalue weighted by atomic mass is 35.5. The van der Waals surface area contributed by atoms with Crippen LogP contribution >= 0.6 is 23.2 Å². The fourth-order valence-corrected chi connectivity index (χ4v) is 7.57. The Bertz CT molecular complexity index is 1750. The van der Waals surface area contributed by atoms with Crippen LogP contribution in [-0.2, 0) is 26.3 Å². The third-order valence-electron chi connectivity index (χ3n) is 8.10. The number of carboxylic acids is 1. The first kappa shape index (κ1) is 32.7. The fraction of sp³-hybridized carbons (Fsp3) is 0.323. The van der Waals surface area contributed by atoms with Crippen LogP contribution in [0.25, 0.3) is 0 Å². The first-order chi connectivity index (χ1) is 21.4. The van der Waals surface area contributed by atoms with Crippen LogP contribution in [0.2, 0.25) is 10.0 Å². The molecule has 1 aliphatic carbocycles. The van der Waals surface area contributed by atoms with E-state index in [1.165, 1.54) is 24.3 Å². The Balaban J connectivity index is 1.56. The minimum Gasteiger partial charge on any atom is -0.507 e. The number of rotatable bonds is 9. The van der Waals surface area contributed by atoms with Gasteiger partial charge in [0.2, 0.25) is 10.0 Å². The Hall–Kier alpha value is -3.68. The van der Waals surface area contributed by atoms with E-state index in [2.05, 4.69) is 10.2 Å². The van der Waals surface area contributed by atoms with Gasteiger partial charge in [-0.15, -0.1) is 0 Å². The summed E-state index contributed by atoms with van der Waals surface area (Å²) in [5.74, 6) is -3.77. The number of carbonyl (C=O) groups is 3.